The van der Waals surface area contributed by atoms with Crippen LogP contribution in [0.25, 0.3) is 0 Å². The molecule has 0 radical (unpaired) electrons. The van der Waals surface area contributed by atoms with Gasteiger partial charge in [-0.3, -0.25) is 15.6 Å². The summed E-state index contributed by atoms with van der Waals surface area (Å²) in [7, 11) is 0. The van der Waals surface area contributed by atoms with Gasteiger partial charge in [0.1, 0.15) is 11.5 Å². The molecular weight excluding hydrogens is 364 g/mol. The summed E-state index contributed by atoms with van der Waals surface area (Å²) in [5.41, 5.74) is 5.62. The number of ketones is 1. The number of nitrogens with one attached hydrogen (secondary N) is 2. The summed E-state index contributed by atoms with van der Waals surface area (Å²) in [5, 5.41) is 0.848. The third-order valence-electron chi connectivity index (χ3n) is 3.21. The van der Waals surface area contributed by atoms with Crippen molar-refractivity contribution in [2.75, 3.05) is 5.43 Å². The van der Waals surface area contributed by atoms with Gasteiger partial charge in [0.2, 0.25) is 5.78 Å². The molecule has 0 atom stereocenters. The maximum absolute atomic E-state index is 14.0. The van der Waals surface area contributed by atoms with Crippen LogP contribution in [0.1, 0.15) is 20.8 Å². The molecule has 0 unspecified atom stereocenters. The van der Waals surface area contributed by atoms with Crippen LogP contribution in [0.3, 0.4) is 0 Å². The average Bonchev–Trinajstić information content (AvgIpc) is 2.53. The zero-order chi connectivity index (χ0) is 18.6. The number of carbonyl (C=O) groups is 1. The first-order valence-electron chi connectivity index (χ1n) is 7.53. The van der Waals surface area contributed by atoms with Crippen LogP contribution in [-0.4, -0.2) is 11.6 Å². The van der Waals surface area contributed by atoms with Crippen LogP contribution in [-0.2, 0) is 4.79 Å². The van der Waals surface area contributed by atoms with Crippen LogP contribution >= 0.6 is 23.2 Å². The van der Waals surface area contributed by atoms with Gasteiger partial charge in [0.25, 0.3) is 0 Å². The molecule has 25 heavy (non-hydrogen) atoms. The average molecular weight is 382 g/mol. The van der Waals surface area contributed by atoms with Gasteiger partial charge in [0.15, 0.2) is 5.84 Å². The van der Waals surface area contributed by atoms with E-state index in [0.29, 0.717) is 10.7 Å². The minimum Gasteiger partial charge on any atom is -0.300 e. The van der Waals surface area contributed by atoms with Crippen molar-refractivity contribution < 1.29 is 9.18 Å². The van der Waals surface area contributed by atoms with E-state index >= 15 is 0 Å². The van der Waals surface area contributed by atoms with Crippen LogP contribution < -0.4 is 10.9 Å². The van der Waals surface area contributed by atoms with Gasteiger partial charge in [0.05, 0.1) is 5.69 Å². The van der Waals surface area contributed by atoms with Gasteiger partial charge < -0.3 is 0 Å². The molecule has 0 bridgehead atoms. The van der Waals surface area contributed by atoms with Crippen LogP contribution in [0, 0.1) is 11.2 Å². The molecule has 7 heteroatoms. The molecule has 0 saturated carbocycles. The molecule has 0 spiro atoms. The molecule has 0 aliphatic heterocycles. The molecule has 0 saturated heterocycles. The number of anilines is 1. The van der Waals surface area contributed by atoms with Crippen molar-refractivity contribution in [3.63, 3.8) is 0 Å². The lowest BCUT2D eigenvalue weighted by molar-refractivity contribution is -0.119. The zero-order valence-corrected chi connectivity index (χ0v) is 15.5. The Morgan fingerprint density at radius 2 is 1.64 bits per heavy atom. The number of carbonyl (C=O) groups excluding carboxylic acids is 1. The third kappa shape index (κ3) is 5.44. The highest BCUT2D eigenvalue weighted by molar-refractivity contribution is 6.41. The molecule has 2 aromatic carbocycles. The first kappa shape index (κ1) is 19.2. The van der Waals surface area contributed by atoms with Crippen LogP contribution in [0.5, 0.6) is 0 Å². The van der Waals surface area contributed by atoms with E-state index in [-0.39, 0.29) is 22.3 Å². The Bertz CT molecular complexity index is 799. The quantitative estimate of drug-likeness (QED) is 0.423. The molecule has 4 nitrogen and oxygen atoms in total. The van der Waals surface area contributed by atoms with Gasteiger partial charge in [0, 0.05) is 15.5 Å². The van der Waals surface area contributed by atoms with Crippen molar-refractivity contribution in [2.24, 2.45) is 10.4 Å². The fourth-order valence-corrected chi connectivity index (χ4v) is 2.13. The Labute approximate surface area is 156 Å². The summed E-state index contributed by atoms with van der Waals surface area (Å²) in [6.07, 6.45) is 0. The van der Waals surface area contributed by atoms with Crippen molar-refractivity contribution in [3.8, 4) is 0 Å². The lowest BCUT2D eigenvalue weighted by Crippen LogP contribution is -2.41. The van der Waals surface area contributed by atoms with Gasteiger partial charge in [-0.15, -0.1) is 0 Å². The standard InChI is InChI=1S/C18H18Cl2FN3O/c1-18(2,3)16(25)17(22-15-9-6-12(20)10-14(15)21)24-23-13-7-4-11(19)5-8-13/h4-10,23H,1-3H3,(H,22,24). The van der Waals surface area contributed by atoms with Crippen molar-refractivity contribution in [2.45, 2.75) is 20.8 Å². The summed E-state index contributed by atoms with van der Waals surface area (Å²) in [4.78, 5) is 16.8. The van der Waals surface area contributed by atoms with Gasteiger partial charge in [-0.25, -0.2) is 9.38 Å². The van der Waals surface area contributed by atoms with E-state index < -0.39 is 11.2 Å². The number of halogens is 3. The van der Waals surface area contributed by atoms with E-state index in [1.54, 1.807) is 45.0 Å². The molecule has 0 amide bonds. The highest BCUT2D eigenvalue weighted by Gasteiger charge is 2.27. The topological polar surface area (TPSA) is 53.5 Å². The lowest BCUT2D eigenvalue weighted by atomic mass is 9.90. The van der Waals surface area contributed by atoms with E-state index in [2.05, 4.69) is 15.8 Å². The van der Waals surface area contributed by atoms with E-state index in [1.807, 2.05) is 0 Å². The van der Waals surface area contributed by atoms with Crippen molar-refractivity contribution >= 4 is 46.2 Å². The number of benzene rings is 2. The normalized spacial score (nSPS) is 12.0. The highest BCUT2D eigenvalue weighted by Crippen LogP contribution is 2.23. The molecule has 0 aliphatic carbocycles. The maximum atomic E-state index is 14.0. The zero-order valence-electron chi connectivity index (χ0n) is 14.0. The minimum absolute atomic E-state index is 0.0105. The number of amidine groups is 1. The number of hydrogen-bond acceptors (Lipinski definition) is 3. The highest BCUT2D eigenvalue weighted by atomic mass is 35.5. The van der Waals surface area contributed by atoms with Crippen LogP contribution in [0.4, 0.5) is 15.8 Å². The predicted octanol–water partition coefficient (Wildman–Crippen LogP) is 5.39. The molecule has 2 rings (SSSR count). The van der Waals surface area contributed by atoms with E-state index in [1.165, 1.54) is 12.1 Å². The minimum atomic E-state index is -0.698. The molecule has 2 aromatic rings. The summed E-state index contributed by atoms with van der Waals surface area (Å²) in [6, 6.07) is 10.9. The second kappa shape index (κ2) is 7.85. The third-order valence-corrected chi connectivity index (χ3v) is 3.69. The Morgan fingerprint density at radius 3 is 2.20 bits per heavy atom. The first-order valence-corrected chi connectivity index (χ1v) is 8.28. The molecule has 0 fully saturated rings. The number of rotatable bonds is 4. The fourth-order valence-electron chi connectivity index (χ4n) is 1.85. The molecule has 132 valence electrons. The van der Waals surface area contributed by atoms with Crippen LogP contribution in [0.2, 0.25) is 10.0 Å². The van der Waals surface area contributed by atoms with Crippen molar-refractivity contribution in [3.05, 3.63) is 58.3 Å². The molecule has 0 aromatic heterocycles. The van der Waals surface area contributed by atoms with Crippen molar-refractivity contribution in [1.29, 1.82) is 0 Å². The second-order valence-corrected chi connectivity index (χ2v) is 7.27. The number of nitrogens with zero attached hydrogens (tertiary/aromatic N) is 1. The monoisotopic (exact) mass is 381 g/mol. The number of hydrazine groups is 1. The fraction of sp³-hybridized carbons (Fsp3) is 0.222. The van der Waals surface area contributed by atoms with Gasteiger partial charge in [-0.1, -0.05) is 44.0 Å². The Kier molecular flexibility index (Phi) is 6.03. The Balaban J connectivity index is 2.31. The molecule has 0 aliphatic rings. The number of hydrogen-bond donors (Lipinski definition) is 2. The van der Waals surface area contributed by atoms with Gasteiger partial charge >= 0.3 is 0 Å². The first-order chi connectivity index (χ1) is 11.7. The summed E-state index contributed by atoms with van der Waals surface area (Å²) in [6.45, 7) is 5.27. The molecular formula is C18H18Cl2FN3O. The van der Waals surface area contributed by atoms with Crippen LogP contribution in [0.15, 0.2) is 47.5 Å². The largest absolute Gasteiger partial charge is 0.300 e. The van der Waals surface area contributed by atoms with Crippen molar-refractivity contribution in [1.82, 2.24) is 5.43 Å². The van der Waals surface area contributed by atoms with E-state index in [9.17, 15) is 9.18 Å². The van der Waals surface area contributed by atoms with Gasteiger partial charge in [-0.05, 0) is 42.5 Å². The second-order valence-electron chi connectivity index (χ2n) is 6.39. The lowest BCUT2D eigenvalue weighted by Gasteiger charge is -2.20. The number of Topliss-reactive ketones (excluding diaryl/α,β-unsaturated/α-hetero) is 1. The number of aliphatic imine (C=N–C) groups is 1. The van der Waals surface area contributed by atoms with Gasteiger partial charge in [-0.2, -0.15) is 0 Å². The van der Waals surface area contributed by atoms with E-state index in [4.69, 9.17) is 23.2 Å². The Morgan fingerprint density at radius 1 is 1.04 bits per heavy atom. The van der Waals surface area contributed by atoms with E-state index in [0.717, 1.165) is 6.07 Å². The molecule has 2 N–H and O–H groups in total. The smallest absolute Gasteiger partial charge is 0.204 e. The summed E-state index contributed by atoms with van der Waals surface area (Å²) < 4.78 is 14.0. The predicted molar refractivity (Wildman–Crippen MR) is 101 cm³/mol. The Hall–Kier alpha value is -2.11. The summed E-state index contributed by atoms with van der Waals surface area (Å²) >= 11 is 11.6. The summed E-state index contributed by atoms with van der Waals surface area (Å²) in [5.74, 6) is -0.896. The molecule has 0 heterocycles. The maximum Gasteiger partial charge on any atom is 0.204 e. The SMILES string of the molecule is CC(C)(C)C(=O)C(=Nc1ccc(Cl)cc1F)NNc1ccc(Cl)cc1.